The van der Waals surface area contributed by atoms with Crippen LogP contribution in [0.15, 0.2) is 60.2 Å². The molecule has 0 aliphatic rings. The van der Waals surface area contributed by atoms with E-state index in [0.717, 1.165) is 0 Å². The highest BCUT2D eigenvalue weighted by atomic mass is 19.1. The molecular formula is C21H22FN3O4. The maximum absolute atomic E-state index is 13.5. The van der Waals surface area contributed by atoms with Gasteiger partial charge in [0, 0.05) is 18.4 Å². The van der Waals surface area contributed by atoms with Crippen molar-refractivity contribution in [2.45, 2.75) is 12.8 Å². The molecule has 8 heteroatoms. The summed E-state index contributed by atoms with van der Waals surface area (Å²) in [4.78, 5) is 23.7. The van der Waals surface area contributed by atoms with E-state index >= 15 is 0 Å². The van der Waals surface area contributed by atoms with Crippen LogP contribution in [0.2, 0.25) is 0 Å². The molecule has 0 unspecified atom stereocenters. The van der Waals surface area contributed by atoms with Crippen LogP contribution in [-0.2, 0) is 9.59 Å². The summed E-state index contributed by atoms with van der Waals surface area (Å²) < 4.78 is 24.3. The predicted octanol–water partition coefficient (Wildman–Crippen LogP) is 3.27. The van der Waals surface area contributed by atoms with Crippen molar-refractivity contribution in [2.75, 3.05) is 19.0 Å². The fourth-order valence-electron chi connectivity index (χ4n) is 2.32. The van der Waals surface area contributed by atoms with E-state index in [1.165, 1.54) is 31.5 Å². The summed E-state index contributed by atoms with van der Waals surface area (Å²) in [6.45, 7) is 3.88. The second-order valence-corrected chi connectivity index (χ2v) is 5.80. The van der Waals surface area contributed by atoms with E-state index < -0.39 is 17.6 Å². The van der Waals surface area contributed by atoms with Gasteiger partial charge in [0.1, 0.15) is 12.4 Å². The summed E-state index contributed by atoms with van der Waals surface area (Å²) in [6, 6.07) is 11.1. The summed E-state index contributed by atoms with van der Waals surface area (Å²) in [5, 5.41) is 6.30. The Bertz CT molecular complexity index is 899. The third-order valence-corrected chi connectivity index (χ3v) is 3.69. The molecule has 0 saturated carbocycles. The van der Waals surface area contributed by atoms with Crippen molar-refractivity contribution in [2.24, 2.45) is 5.10 Å². The van der Waals surface area contributed by atoms with E-state index in [2.05, 4.69) is 22.4 Å². The number of hydrazone groups is 1. The average molecular weight is 399 g/mol. The number of amides is 2. The zero-order valence-corrected chi connectivity index (χ0v) is 16.0. The van der Waals surface area contributed by atoms with Gasteiger partial charge >= 0.3 is 0 Å². The number of para-hydroxylation sites is 2. The molecule has 0 heterocycles. The molecule has 29 heavy (non-hydrogen) atoms. The van der Waals surface area contributed by atoms with E-state index in [9.17, 15) is 14.0 Å². The van der Waals surface area contributed by atoms with Crippen LogP contribution in [0.4, 0.5) is 10.1 Å². The van der Waals surface area contributed by atoms with Crippen molar-refractivity contribution < 1.29 is 23.5 Å². The lowest BCUT2D eigenvalue weighted by Crippen LogP contribution is -2.21. The third kappa shape index (κ3) is 6.76. The van der Waals surface area contributed by atoms with E-state index in [0.29, 0.717) is 17.1 Å². The van der Waals surface area contributed by atoms with Gasteiger partial charge in [0.25, 0.3) is 0 Å². The number of nitrogens with zero attached hydrogens (tertiary/aromatic N) is 1. The number of halogens is 1. The molecule has 0 bridgehead atoms. The number of carbonyl (C=O) groups excluding carboxylic acids is 2. The molecule has 2 aromatic carbocycles. The van der Waals surface area contributed by atoms with E-state index in [-0.39, 0.29) is 25.1 Å². The average Bonchev–Trinajstić information content (AvgIpc) is 2.72. The number of hydrogen-bond donors (Lipinski definition) is 2. The lowest BCUT2D eigenvalue weighted by Gasteiger charge is -2.11. The highest BCUT2D eigenvalue weighted by molar-refractivity contribution is 5.93. The first-order valence-electron chi connectivity index (χ1n) is 8.82. The second kappa shape index (κ2) is 11.2. The number of benzene rings is 2. The highest BCUT2D eigenvalue weighted by Gasteiger charge is 2.10. The minimum atomic E-state index is -0.539. The summed E-state index contributed by atoms with van der Waals surface area (Å²) in [7, 11) is 1.52. The number of carbonyl (C=O) groups is 2. The fourth-order valence-corrected chi connectivity index (χ4v) is 2.32. The molecule has 0 aromatic heterocycles. The Labute approximate surface area is 168 Å². The van der Waals surface area contributed by atoms with Gasteiger partial charge in [0.05, 0.1) is 19.0 Å². The van der Waals surface area contributed by atoms with Gasteiger partial charge in [0.2, 0.25) is 11.8 Å². The molecule has 2 amide bonds. The Morgan fingerprint density at radius 3 is 2.62 bits per heavy atom. The maximum atomic E-state index is 13.5. The van der Waals surface area contributed by atoms with Crippen LogP contribution in [0.3, 0.4) is 0 Å². The molecular weight excluding hydrogens is 377 g/mol. The molecule has 152 valence electrons. The summed E-state index contributed by atoms with van der Waals surface area (Å²) in [5.41, 5.74) is 3.01. The van der Waals surface area contributed by atoms with Crippen LogP contribution in [0, 0.1) is 5.82 Å². The van der Waals surface area contributed by atoms with Gasteiger partial charge in [-0.3, -0.25) is 9.59 Å². The zero-order valence-electron chi connectivity index (χ0n) is 16.0. The van der Waals surface area contributed by atoms with Gasteiger partial charge in [-0.2, -0.15) is 5.10 Å². The fraction of sp³-hybridized carbons (Fsp3) is 0.190. The Hall–Kier alpha value is -3.68. The number of ether oxygens (including phenoxy) is 2. The van der Waals surface area contributed by atoms with Crippen LogP contribution in [-0.4, -0.2) is 31.7 Å². The van der Waals surface area contributed by atoms with Crippen LogP contribution >= 0.6 is 0 Å². The zero-order chi connectivity index (χ0) is 21.1. The summed E-state index contributed by atoms with van der Waals surface area (Å²) in [5.74, 6) is -0.477. The van der Waals surface area contributed by atoms with Gasteiger partial charge < -0.3 is 14.8 Å². The molecule has 2 rings (SSSR count). The molecule has 0 spiro atoms. The molecule has 0 saturated heterocycles. The first-order chi connectivity index (χ1) is 14.0. The molecule has 2 N–H and O–H groups in total. The van der Waals surface area contributed by atoms with Crippen LogP contribution in [0.25, 0.3) is 0 Å². The van der Waals surface area contributed by atoms with Crippen molar-refractivity contribution in [1.82, 2.24) is 5.43 Å². The van der Waals surface area contributed by atoms with E-state index in [4.69, 9.17) is 9.47 Å². The van der Waals surface area contributed by atoms with E-state index in [1.54, 1.807) is 30.3 Å². The molecule has 0 aliphatic carbocycles. The molecule has 7 nitrogen and oxygen atoms in total. The smallest absolute Gasteiger partial charge is 0.240 e. The van der Waals surface area contributed by atoms with Crippen molar-refractivity contribution >= 4 is 23.7 Å². The monoisotopic (exact) mass is 399 g/mol. The molecule has 2 aromatic rings. The molecule has 0 radical (unpaired) electrons. The lowest BCUT2D eigenvalue weighted by molar-refractivity contribution is -0.124. The maximum Gasteiger partial charge on any atom is 0.240 e. The number of hydrogen-bond acceptors (Lipinski definition) is 5. The highest BCUT2D eigenvalue weighted by Crippen LogP contribution is 2.30. The topological polar surface area (TPSA) is 89.0 Å². The standard InChI is InChI=1S/C21H22FN3O4/c1-3-13-29-21-15(7-6-10-18(21)28-2)14-23-25-20(27)12-11-19(26)24-17-9-5-4-8-16(17)22/h3-10,14H,1,11-13H2,2H3,(H,24,26)(H,25,27). The van der Waals surface area contributed by atoms with Gasteiger partial charge in [-0.05, 0) is 24.3 Å². The van der Waals surface area contributed by atoms with Crippen LogP contribution in [0.5, 0.6) is 11.5 Å². The minimum absolute atomic E-state index is 0.0704. The first kappa shape index (κ1) is 21.6. The Morgan fingerprint density at radius 2 is 1.90 bits per heavy atom. The minimum Gasteiger partial charge on any atom is -0.493 e. The van der Waals surface area contributed by atoms with Crippen molar-refractivity contribution in [3.63, 3.8) is 0 Å². The Morgan fingerprint density at radius 1 is 1.14 bits per heavy atom. The molecule has 0 fully saturated rings. The SMILES string of the molecule is C=CCOc1c(C=NNC(=O)CCC(=O)Nc2ccccc2F)cccc1OC. The second-order valence-electron chi connectivity index (χ2n) is 5.80. The summed E-state index contributed by atoms with van der Waals surface area (Å²) in [6.07, 6.45) is 2.80. The normalized spacial score (nSPS) is 10.4. The van der Waals surface area contributed by atoms with Gasteiger partial charge in [-0.1, -0.05) is 30.9 Å². The third-order valence-electron chi connectivity index (χ3n) is 3.69. The number of rotatable bonds is 10. The summed E-state index contributed by atoms with van der Waals surface area (Å²) >= 11 is 0. The predicted molar refractivity (Wildman–Crippen MR) is 109 cm³/mol. The van der Waals surface area contributed by atoms with Crippen LogP contribution < -0.4 is 20.2 Å². The van der Waals surface area contributed by atoms with Crippen LogP contribution in [0.1, 0.15) is 18.4 Å². The van der Waals surface area contributed by atoms with Gasteiger partial charge in [0.15, 0.2) is 11.5 Å². The number of nitrogens with one attached hydrogen (secondary N) is 2. The van der Waals surface area contributed by atoms with Gasteiger partial charge in [-0.15, -0.1) is 0 Å². The number of anilines is 1. The van der Waals surface area contributed by atoms with Crippen molar-refractivity contribution in [1.29, 1.82) is 0 Å². The Kier molecular flexibility index (Phi) is 8.37. The number of methoxy groups -OCH3 is 1. The van der Waals surface area contributed by atoms with E-state index in [1.807, 2.05) is 0 Å². The quantitative estimate of drug-likeness (QED) is 0.365. The Balaban J connectivity index is 1.87. The first-order valence-corrected chi connectivity index (χ1v) is 8.82. The molecule has 0 aliphatic heterocycles. The van der Waals surface area contributed by atoms with Crippen molar-refractivity contribution in [3.05, 3.63) is 66.5 Å². The van der Waals surface area contributed by atoms with Gasteiger partial charge in [-0.25, -0.2) is 9.82 Å². The molecule has 0 atom stereocenters. The largest absolute Gasteiger partial charge is 0.493 e. The lowest BCUT2D eigenvalue weighted by atomic mass is 10.2. The van der Waals surface area contributed by atoms with Crippen molar-refractivity contribution in [3.8, 4) is 11.5 Å².